The lowest BCUT2D eigenvalue weighted by Crippen LogP contribution is -2.41. The minimum atomic E-state index is -1.20. The molecule has 1 aromatic heterocycles. The monoisotopic (exact) mass is 426 g/mol. The number of imide groups is 1. The minimum absolute atomic E-state index is 0.314. The maximum absolute atomic E-state index is 12.8. The van der Waals surface area contributed by atoms with Crippen molar-refractivity contribution < 1.29 is 14.4 Å². The number of ketones is 1. The van der Waals surface area contributed by atoms with Crippen LogP contribution in [-0.4, -0.2) is 29.2 Å². The molecule has 0 radical (unpaired) electrons. The number of carbonyl (C=O) groups is 3. The molecule has 8 heteroatoms. The molecule has 0 aliphatic carbocycles. The molecule has 1 aromatic carbocycles. The summed E-state index contributed by atoms with van der Waals surface area (Å²) in [5.74, 6) is -0.782. The number of nitrogens with zero attached hydrogens (tertiary/aromatic N) is 1. The lowest BCUT2D eigenvalue weighted by molar-refractivity contribution is -0.130. The highest BCUT2D eigenvalue weighted by Crippen LogP contribution is 2.31. The number of amides is 3. The van der Waals surface area contributed by atoms with E-state index in [9.17, 15) is 14.4 Å². The van der Waals surface area contributed by atoms with Crippen LogP contribution in [0.2, 0.25) is 4.34 Å². The third-order valence-electron chi connectivity index (χ3n) is 3.83. The van der Waals surface area contributed by atoms with Crippen LogP contribution in [0.3, 0.4) is 0 Å². The van der Waals surface area contributed by atoms with E-state index in [0.29, 0.717) is 14.8 Å². The Morgan fingerprint density at radius 3 is 2.71 bits per heavy atom. The Kier molecular flexibility index (Phi) is 4.50. The van der Waals surface area contributed by atoms with Crippen LogP contribution in [0.5, 0.6) is 0 Å². The number of halogens is 2. The van der Waals surface area contributed by atoms with Crippen LogP contribution in [-0.2, 0) is 10.3 Å². The average Bonchev–Trinajstić information content (AvgIpc) is 3.05. The van der Waals surface area contributed by atoms with E-state index >= 15 is 0 Å². The van der Waals surface area contributed by atoms with Gasteiger partial charge in [0.05, 0.1) is 15.8 Å². The number of Topliss-reactive ketones (excluding diaryl/α,β-unsaturated/α-hetero) is 1. The third kappa shape index (κ3) is 2.99. The highest BCUT2D eigenvalue weighted by Gasteiger charge is 2.49. The van der Waals surface area contributed by atoms with Gasteiger partial charge < -0.3 is 5.32 Å². The van der Waals surface area contributed by atoms with Gasteiger partial charge in [-0.2, -0.15) is 0 Å². The number of nitrogens with one attached hydrogen (secondary N) is 1. The van der Waals surface area contributed by atoms with Gasteiger partial charge in [-0.05, 0) is 36.8 Å². The molecule has 2 heterocycles. The van der Waals surface area contributed by atoms with Crippen molar-refractivity contribution in [3.05, 3.63) is 55.6 Å². The molecule has 1 N–H and O–H groups in total. The normalized spacial score (nSPS) is 20.4. The fraction of sp³-hybridized carbons (Fsp3) is 0.188. The molecule has 1 saturated heterocycles. The van der Waals surface area contributed by atoms with Crippen LogP contribution < -0.4 is 5.32 Å². The molecule has 0 spiro atoms. The molecule has 0 bridgehead atoms. The molecule has 0 saturated carbocycles. The summed E-state index contributed by atoms with van der Waals surface area (Å²) in [6.45, 7) is 1.31. The predicted molar refractivity (Wildman–Crippen MR) is 95.4 cm³/mol. The molecule has 2 aromatic rings. The van der Waals surface area contributed by atoms with Crippen molar-refractivity contribution >= 4 is 56.6 Å². The number of hydrogen-bond acceptors (Lipinski definition) is 4. The zero-order valence-electron chi connectivity index (χ0n) is 12.5. The number of thiophene rings is 1. The summed E-state index contributed by atoms with van der Waals surface area (Å²) in [4.78, 5) is 38.6. The summed E-state index contributed by atoms with van der Waals surface area (Å²) >= 11 is 10.3. The minimum Gasteiger partial charge on any atom is -0.319 e. The first kappa shape index (κ1) is 17.1. The highest BCUT2D eigenvalue weighted by atomic mass is 79.9. The van der Waals surface area contributed by atoms with Crippen molar-refractivity contribution in [1.82, 2.24) is 10.2 Å². The molecule has 1 fully saturated rings. The van der Waals surface area contributed by atoms with Gasteiger partial charge in [0, 0.05) is 4.47 Å². The van der Waals surface area contributed by atoms with Crippen molar-refractivity contribution in [1.29, 1.82) is 0 Å². The summed E-state index contributed by atoms with van der Waals surface area (Å²) in [6.07, 6.45) is 0. The van der Waals surface area contributed by atoms with Gasteiger partial charge in [0.1, 0.15) is 5.54 Å². The van der Waals surface area contributed by atoms with Gasteiger partial charge in [0.25, 0.3) is 5.91 Å². The first-order valence-electron chi connectivity index (χ1n) is 7.00. The number of benzene rings is 1. The lowest BCUT2D eigenvalue weighted by atomic mass is 9.92. The number of urea groups is 1. The second kappa shape index (κ2) is 6.31. The molecular weight excluding hydrogens is 416 g/mol. The van der Waals surface area contributed by atoms with Gasteiger partial charge in [-0.3, -0.25) is 14.5 Å². The number of hydrogen-bond donors (Lipinski definition) is 1. The largest absolute Gasteiger partial charge is 0.325 e. The van der Waals surface area contributed by atoms with Crippen LogP contribution in [0.15, 0.2) is 40.9 Å². The summed E-state index contributed by atoms with van der Waals surface area (Å²) in [6, 6.07) is 9.74. The van der Waals surface area contributed by atoms with Crippen LogP contribution in [0, 0.1) is 0 Å². The first-order chi connectivity index (χ1) is 11.3. The maximum Gasteiger partial charge on any atom is 0.325 e. The summed E-state index contributed by atoms with van der Waals surface area (Å²) in [7, 11) is 0. The van der Waals surface area contributed by atoms with E-state index in [1.165, 1.54) is 0 Å². The fourth-order valence-corrected chi connectivity index (χ4v) is 3.89. The third-order valence-corrected chi connectivity index (χ3v) is 5.59. The van der Waals surface area contributed by atoms with Gasteiger partial charge >= 0.3 is 6.03 Å². The fourth-order valence-electron chi connectivity index (χ4n) is 2.52. The molecule has 124 valence electrons. The molecule has 3 amide bonds. The van der Waals surface area contributed by atoms with Crippen LogP contribution >= 0.6 is 38.9 Å². The van der Waals surface area contributed by atoms with Gasteiger partial charge in [0.15, 0.2) is 5.78 Å². The van der Waals surface area contributed by atoms with Gasteiger partial charge in [0.2, 0.25) is 0 Å². The summed E-state index contributed by atoms with van der Waals surface area (Å²) in [5, 5.41) is 2.68. The molecule has 5 nitrogen and oxygen atoms in total. The Balaban J connectivity index is 1.85. The second-order valence-corrected chi connectivity index (χ2v) is 8.11. The standard InChI is InChI=1S/C16H12BrClN2O3S/c1-16(9-3-2-4-10(17)7-9)14(22)20(15(23)19-16)8-11(21)12-5-6-13(18)24-12/h2-7H,8H2,1H3,(H,19,23)/t16-/m1/s1. The van der Waals surface area contributed by atoms with Crippen molar-refractivity contribution in [3.63, 3.8) is 0 Å². The summed E-state index contributed by atoms with van der Waals surface area (Å²) in [5.41, 5.74) is -0.557. The average molecular weight is 428 g/mol. The quantitative estimate of drug-likeness (QED) is 0.596. The number of rotatable bonds is 4. The Morgan fingerprint density at radius 1 is 1.33 bits per heavy atom. The molecule has 1 atom stereocenters. The van der Waals surface area contributed by atoms with Crippen molar-refractivity contribution in [3.8, 4) is 0 Å². The predicted octanol–water partition coefficient (Wildman–Crippen LogP) is 3.81. The van der Waals surface area contributed by atoms with E-state index in [-0.39, 0.29) is 12.3 Å². The Morgan fingerprint density at radius 2 is 2.08 bits per heavy atom. The lowest BCUT2D eigenvalue weighted by Gasteiger charge is -2.22. The molecule has 1 aliphatic rings. The van der Waals surface area contributed by atoms with E-state index in [2.05, 4.69) is 21.2 Å². The Hall–Kier alpha value is -1.70. The molecule has 24 heavy (non-hydrogen) atoms. The van der Waals surface area contributed by atoms with E-state index in [4.69, 9.17) is 11.6 Å². The van der Waals surface area contributed by atoms with Crippen molar-refractivity contribution in [2.24, 2.45) is 0 Å². The van der Waals surface area contributed by atoms with Crippen LogP contribution in [0.25, 0.3) is 0 Å². The van der Waals surface area contributed by atoms with Crippen LogP contribution in [0.4, 0.5) is 4.79 Å². The molecule has 0 unspecified atom stereocenters. The zero-order chi connectivity index (χ0) is 17.5. The zero-order valence-corrected chi connectivity index (χ0v) is 15.7. The highest BCUT2D eigenvalue weighted by molar-refractivity contribution is 9.10. The van der Waals surface area contributed by atoms with Gasteiger partial charge in [-0.15, -0.1) is 11.3 Å². The first-order valence-corrected chi connectivity index (χ1v) is 8.99. The number of carbonyl (C=O) groups excluding carboxylic acids is 3. The SMILES string of the molecule is C[C@]1(c2cccc(Br)c2)NC(=O)N(CC(=O)c2ccc(Cl)s2)C1=O. The van der Waals surface area contributed by atoms with Gasteiger partial charge in [-0.25, -0.2) is 4.79 Å². The van der Waals surface area contributed by atoms with E-state index in [0.717, 1.165) is 20.7 Å². The van der Waals surface area contributed by atoms with E-state index in [1.54, 1.807) is 37.3 Å². The van der Waals surface area contributed by atoms with Crippen molar-refractivity contribution in [2.45, 2.75) is 12.5 Å². The van der Waals surface area contributed by atoms with E-state index < -0.39 is 17.5 Å². The smallest absolute Gasteiger partial charge is 0.319 e. The molecule has 3 rings (SSSR count). The van der Waals surface area contributed by atoms with Crippen molar-refractivity contribution in [2.75, 3.05) is 6.54 Å². The topological polar surface area (TPSA) is 66.5 Å². The van der Waals surface area contributed by atoms with Crippen LogP contribution in [0.1, 0.15) is 22.2 Å². The van der Waals surface area contributed by atoms with E-state index in [1.807, 2.05) is 6.07 Å². The Bertz CT molecular complexity index is 853. The molecule has 1 aliphatic heterocycles. The second-order valence-electron chi connectivity index (χ2n) is 5.48. The Labute approximate surface area is 155 Å². The maximum atomic E-state index is 12.8. The molecular formula is C16H12BrClN2O3S. The summed E-state index contributed by atoms with van der Waals surface area (Å²) < 4.78 is 1.28. The van der Waals surface area contributed by atoms with Gasteiger partial charge in [-0.1, -0.05) is 39.7 Å².